The van der Waals surface area contributed by atoms with Crippen molar-refractivity contribution in [2.24, 2.45) is 0 Å². The summed E-state index contributed by atoms with van der Waals surface area (Å²) in [5.74, 6) is 0.727. The van der Waals surface area contributed by atoms with Gasteiger partial charge in [-0.05, 0) is 54.4 Å². The lowest BCUT2D eigenvalue weighted by Gasteiger charge is -2.10. The highest BCUT2D eigenvalue weighted by molar-refractivity contribution is 6.31. The molecule has 0 aliphatic heterocycles. The van der Waals surface area contributed by atoms with Gasteiger partial charge >= 0.3 is 6.03 Å². The second kappa shape index (κ2) is 9.05. The van der Waals surface area contributed by atoms with Crippen molar-refractivity contribution in [3.05, 3.63) is 88.7 Å². The predicted octanol–water partition coefficient (Wildman–Crippen LogP) is 4.94. The Morgan fingerprint density at radius 1 is 1.11 bits per heavy atom. The number of nitrogens with zero attached hydrogens (tertiary/aromatic N) is 1. The van der Waals surface area contributed by atoms with E-state index in [1.165, 1.54) is 0 Å². The van der Waals surface area contributed by atoms with Crippen molar-refractivity contribution < 1.29 is 9.53 Å². The number of carbonyl (C=O) groups excluding carboxylic acids is 1. The molecule has 2 N–H and O–H groups in total. The van der Waals surface area contributed by atoms with Gasteiger partial charge < -0.3 is 15.4 Å². The van der Waals surface area contributed by atoms with Crippen molar-refractivity contribution in [3.63, 3.8) is 0 Å². The Balaban J connectivity index is 1.51. The van der Waals surface area contributed by atoms with Crippen molar-refractivity contribution in [1.82, 2.24) is 10.3 Å². The van der Waals surface area contributed by atoms with Crippen LogP contribution in [-0.4, -0.2) is 11.0 Å². The van der Waals surface area contributed by atoms with Gasteiger partial charge in [-0.2, -0.15) is 0 Å². The molecule has 0 unspecified atom stereocenters. The number of carbonyl (C=O) groups is 1. The van der Waals surface area contributed by atoms with Crippen molar-refractivity contribution in [2.75, 3.05) is 5.32 Å². The zero-order valence-corrected chi connectivity index (χ0v) is 15.7. The number of aromatic nitrogens is 1. The number of urea groups is 1. The Kier molecular flexibility index (Phi) is 6.28. The normalized spacial score (nSPS) is 10.3. The van der Waals surface area contributed by atoms with Crippen LogP contribution in [0.15, 0.2) is 66.9 Å². The fourth-order valence-corrected chi connectivity index (χ4v) is 2.59. The maximum atomic E-state index is 12.1. The number of aryl methyl sites for hydroxylation is 1. The Hall–Kier alpha value is -3.05. The second-order valence-corrected chi connectivity index (χ2v) is 6.44. The van der Waals surface area contributed by atoms with Crippen LogP contribution in [0.25, 0.3) is 0 Å². The van der Waals surface area contributed by atoms with E-state index in [-0.39, 0.29) is 6.03 Å². The van der Waals surface area contributed by atoms with Crippen LogP contribution >= 0.6 is 11.6 Å². The van der Waals surface area contributed by atoms with E-state index in [9.17, 15) is 4.79 Å². The number of hydrogen-bond acceptors (Lipinski definition) is 3. The smallest absolute Gasteiger partial charge is 0.319 e. The Bertz CT molecular complexity index is 916. The molecule has 2 amide bonds. The fraction of sp³-hybridized carbons (Fsp3) is 0.143. The number of nitrogens with one attached hydrogen (secondary N) is 2. The molecule has 0 saturated heterocycles. The molecule has 0 saturated carbocycles. The van der Waals surface area contributed by atoms with Crippen LogP contribution in [0.3, 0.4) is 0 Å². The average molecular weight is 382 g/mol. The fourth-order valence-electron chi connectivity index (χ4n) is 2.41. The van der Waals surface area contributed by atoms with Gasteiger partial charge in [0.2, 0.25) is 0 Å². The first-order chi connectivity index (χ1) is 13.1. The molecule has 3 aromatic rings. The van der Waals surface area contributed by atoms with Crippen LogP contribution in [0.2, 0.25) is 5.02 Å². The minimum atomic E-state index is -0.297. The van der Waals surface area contributed by atoms with Gasteiger partial charge in [0.15, 0.2) is 0 Å². The molecule has 0 bridgehead atoms. The highest BCUT2D eigenvalue weighted by atomic mass is 35.5. The van der Waals surface area contributed by atoms with Gasteiger partial charge in [0.1, 0.15) is 12.4 Å². The van der Waals surface area contributed by atoms with E-state index in [0.717, 1.165) is 22.6 Å². The van der Waals surface area contributed by atoms with Crippen LogP contribution in [0.1, 0.15) is 16.8 Å². The third kappa shape index (κ3) is 5.72. The zero-order valence-electron chi connectivity index (χ0n) is 14.9. The van der Waals surface area contributed by atoms with Crippen molar-refractivity contribution >= 4 is 23.3 Å². The van der Waals surface area contributed by atoms with Crippen LogP contribution in [0.5, 0.6) is 5.75 Å². The number of ether oxygens (including phenoxy) is 1. The first kappa shape index (κ1) is 18.7. The zero-order chi connectivity index (χ0) is 19.1. The SMILES string of the molecule is Cc1ccc(NC(=O)NCc2cccc(OCc3ccccn3)c2)cc1Cl. The quantitative estimate of drug-likeness (QED) is 0.635. The highest BCUT2D eigenvalue weighted by Crippen LogP contribution is 2.20. The Morgan fingerprint density at radius 3 is 2.78 bits per heavy atom. The predicted molar refractivity (Wildman–Crippen MR) is 107 cm³/mol. The van der Waals surface area contributed by atoms with Gasteiger partial charge in [-0.25, -0.2) is 4.79 Å². The molecule has 3 rings (SSSR count). The summed E-state index contributed by atoms with van der Waals surface area (Å²) in [7, 11) is 0. The molecule has 0 aliphatic carbocycles. The lowest BCUT2D eigenvalue weighted by Crippen LogP contribution is -2.28. The second-order valence-electron chi connectivity index (χ2n) is 6.03. The molecule has 138 valence electrons. The number of pyridine rings is 1. The number of benzene rings is 2. The van der Waals surface area contributed by atoms with E-state index in [2.05, 4.69) is 15.6 Å². The van der Waals surface area contributed by atoms with Crippen molar-refractivity contribution in [3.8, 4) is 5.75 Å². The first-order valence-electron chi connectivity index (χ1n) is 8.53. The molecule has 5 nitrogen and oxygen atoms in total. The largest absolute Gasteiger partial charge is 0.487 e. The topological polar surface area (TPSA) is 63.2 Å². The number of hydrogen-bond donors (Lipinski definition) is 2. The summed E-state index contributed by atoms with van der Waals surface area (Å²) >= 11 is 6.07. The van der Waals surface area contributed by atoms with E-state index >= 15 is 0 Å². The molecule has 2 aromatic carbocycles. The Morgan fingerprint density at radius 2 is 2.00 bits per heavy atom. The van der Waals surface area contributed by atoms with Crippen molar-refractivity contribution in [1.29, 1.82) is 0 Å². The van der Waals surface area contributed by atoms with Crippen LogP contribution in [0, 0.1) is 6.92 Å². The van der Waals surface area contributed by atoms with Gasteiger partial charge in [-0.3, -0.25) is 4.98 Å². The first-order valence-corrected chi connectivity index (χ1v) is 8.90. The molecule has 0 aliphatic rings. The average Bonchev–Trinajstić information content (AvgIpc) is 2.69. The third-order valence-electron chi connectivity index (χ3n) is 3.89. The molecular formula is C21H20ClN3O2. The molecule has 0 fully saturated rings. The van der Waals surface area contributed by atoms with E-state index in [1.807, 2.05) is 61.5 Å². The van der Waals surface area contributed by atoms with E-state index < -0.39 is 0 Å². The van der Waals surface area contributed by atoms with E-state index in [0.29, 0.717) is 23.9 Å². The summed E-state index contributed by atoms with van der Waals surface area (Å²) in [6.07, 6.45) is 1.73. The molecule has 27 heavy (non-hydrogen) atoms. The molecule has 0 spiro atoms. The summed E-state index contributed by atoms with van der Waals surface area (Å²) in [5.41, 5.74) is 3.41. The maximum absolute atomic E-state index is 12.1. The van der Waals surface area contributed by atoms with E-state index in [1.54, 1.807) is 12.3 Å². The van der Waals surface area contributed by atoms with E-state index in [4.69, 9.17) is 16.3 Å². The van der Waals surface area contributed by atoms with Crippen LogP contribution < -0.4 is 15.4 Å². The minimum absolute atomic E-state index is 0.297. The van der Waals surface area contributed by atoms with Gasteiger partial charge in [0, 0.05) is 23.5 Å². The standard InChI is InChI=1S/C21H20ClN3O2/c1-15-8-9-17(12-20(15)22)25-21(26)24-13-16-5-4-7-19(11-16)27-14-18-6-2-3-10-23-18/h2-12H,13-14H2,1H3,(H2,24,25,26). The van der Waals surface area contributed by atoms with Crippen molar-refractivity contribution in [2.45, 2.75) is 20.1 Å². The summed E-state index contributed by atoms with van der Waals surface area (Å²) < 4.78 is 5.75. The summed E-state index contributed by atoms with van der Waals surface area (Å²) in [6.45, 7) is 2.69. The third-order valence-corrected chi connectivity index (χ3v) is 4.30. The summed E-state index contributed by atoms with van der Waals surface area (Å²) in [6, 6.07) is 18.4. The molecule has 0 atom stereocenters. The molecule has 6 heteroatoms. The van der Waals surface area contributed by atoms with Gasteiger partial charge in [-0.15, -0.1) is 0 Å². The van der Waals surface area contributed by atoms with Gasteiger partial charge in [0.25, 0.3) is 0 Å². The Labute approximate surface area is 163 Å². The summed E-state index contributed by atoms with van der Waals surface area (Å²) in [4.78, 5) is 16.3. The minimum Gasteiger partial charge on any atom is -0.487 e. The number of anilines is 1. The van der Waals surface area contributed by atoms with Crippen LogP contribution in [0.4, 0.5) is 10.5 Å². The molecule has 0 radical (unpaired) electrons. The number of halogens is 1. The monoisotopic (exact) mass is 381 g/mol. The molecule has 1 heterocycles. The number of amides is 2. The lowest BCUT2D eigenvalue weighted by molar-refractivity contribution is 0.251. The van der Waals surface area contributed by atoms with Gasteiger partial charge in [0.05, 0.1) is 5.69 Å². The lowest BCUT2D eigenvalue weighted by atomic mass is 10.2. The molecule has 1 aromatic heterocycles. The van der Waals surface area contributed by atoms with Crippen LogP contribution in [-0.2, 0) is 13.2 Å². The van der Waals surface area contributed by atoms with Gasteiger partial charge in [-0.1, -0.05) is 35.9 Å². The highest BCUT2D eigenvalue weighted by Gasteiger charge is 2.05. The number of rotatable bonds is 6. The molecular weight excluding hydrogens is 362 g/mol. The maximum Gasteiger partial charge on any atom is 0.319 e. The summed E-state index contributed by atoms with van der Waals surface area (Å²) in [5, 5.41) is 6.21.